The van der Waals surface area contributed by atoms with E-state index in [-0.39, 0.29) is 11.7 Å². The van der Waals surface area contributed by atoms with Gasteiger partial charge in [-0.2, -0.15) is 0 Å². The van der Waals surface area contributed by atoms with Crippen LogP contribution in [0.3, 0.4) is 0 Å². The number of aliphatic hydroxyl groups excluding tert-OH is 1. The Kier molecular flexibility index (Phi) is 2.94. The maximum Gasteiger partial charge on any atom is 0.139 e. The van der Waals surface area contributed by atoms with Gasteiger partial charge in [-0.25, -0.2) is 0 Å². The highest BCUT2D eigenvalue weighted by Crippen LogP contribution is 2.34. The first-order valence-corrected chi connectivity index (χ1v) is 5.85. The summed E-state index contributed by atoms with van der Waals surface area (Å²) in [4.78, 5) is 11.5. The number of benzene rings is 1. The van der Waals surface area contributed by atoms with E-state index >= 15 is 0 Å². The molecule has 0 spiro atoms. The number of Topliss-reactive ketones (excluding diaryl/α,β-unsaturated/α-hetero) is 1. The monoisotopic (exact) mass is 268 g/mol. The number of aryl methyl sites for hydroxylation is 1. The Balaban J connectivity index is 2.48. The van der Waals surface area contributed by atoms with Crippen molar-refractivity contribution in [3.63, 3.8) is 0 Å². The highest BCUT2D eigenvalue weighted by molar-refractivity contribution is 9.10. The number of hydrogen-bond donors (Lipinski definition) is 1. The van der Waals surface area contributed by atoms with E-state index in [0.717, 1.165) is 16.5 Å². The van der Waals surface area contributed by atoms with Gasteiger partial charge in [0.2, 0.25) is 0 Å². The van der Waals surface area contributed by atoms with Crippen LogP contribution >= 0.6 is 15.9 Å². The number of ketones is 1. The van der Waals surface area contributed by atoms with E-state index in [4.69, 9.17) is 0 Å². The van der Waals surface area contributed by atoms with Crippen molar-refractivity contribution in [2.24, 2.45) is 0 Å². The van der Waals surface area contributed by atoms with Gasteiger partial charge in [0.25, 0.3) is 0 Å². The summed E-state index contributed by atoms with van der Waals surface area (Å²) < 4.78 is 1.03. The lowest BCUT2D eigenvalue weighted by atomic mass is 9.79. The third-order valence-electron chi connectivity index (χ3n) is 2.97. The molecule has 0 saturated carbocycles. The van der Waals surface area contributed by atoms with Crippen molar-refractivity contribution in [1.29, 1.82) is 0 Å². The van der Waals surface area contributed by atoms with Crippen LogP contribution in [0.25, 0.3) is 0 Å². The minimum absolute atomic E-state index is 0.0470. The third kappa shape index (κ3) is 1.99. The summed E-state index contributed by atoms with van der Waals surface area (Å²) in [6.07, 6.45) is 1.00. The highest BCUT2D eigenvalue weighted by atomic mass is 79.9. The smallest absolute Gasteiger partial charge is 0.139 e. The summed E-state index contributed by atoms with van der Waals surface area (Å²) in [5.74, 6) is -0.285. The Morgan fingerprint density at radius 1 is 1.53 bits per heavy atom. The molecule has 0 saturated heterocycles. The van der Waals surface area contributed by atoms with Crippen LogP contribution in [0.15, 0.2) is 22.7 Å². The average Bonchev–Trinajstić information content (AvgIpc) is 2.17. The van der Waals surface area contributed by atoms with Crippen molar-refractivity contribution in [2.75, 3.05) is 0 Å². The first kappa shape index (κ1) is 10.8. The largest absolute Gasteiger partial charge is 0.392 e. The van der Waals surface area contributed by atoms with Crippen LogP contribution in [0.4, 0.5) is 0 Å². The second-order valence-electron chi connectivity index (χ2n) is 4.04. The average molecular weight is 269 g/mol. The van der Waals surface area contributed by atoms with Crippen LogP contribution in [0.2, 0.25) is 0 Å². The molecule has 1 aliphatic rings. The van der Waals surface area contributed by atoms with Gasteiger partial charge >= 0.3 is 0 Å². The molecule has 2 unspecified atom stereocenters. The first-order valence-electron chi connectivity index (χ1n) is 5.06. The molecule has 0 bridgehead atoms. The van der Waals surface area contributed by atoms with Crippen LogP contribution in [-0.4, -0.2) is 17.0 Å². The van der Waals surface area contributed by atoms with E-state index in [9.17, 15) is 9.90 Å². The molecule has 2 rings (SSSR count). The molecule has 1 N–H and O–H groups in total. The number of hydrogen-bond acceptors (Lipinski definition) is 2. The van der Waals surface area contributed by atoms with E-state index in [1.165, 1.54) is 5.56 Å². The van der Waals surface area contributed by atoms with Crippen molar-refractivity contribution < 1.29 is 9.90 Å². The second kappa shape index (κ2) is 4.06. The fourth-order valence-electron chi connectivity index (χ4n) is 2.26. The van der Waals surface area contributed by atoms with Gasteiger partial charge in [0.15, 0.2) is 0 Å². The van der Waals surface area contributed by atoms with E-state index < -0.39 is 6.10 Å². The third-order valence-corrected chi connectivity index (χ3v) is 3.47. The Morgan fingerprint density at radius 3 is 2.93 bits per heavy atom. The molecule has 15 heavy (non-hydrogen) atoms. The van der Waals surface area contributed by atoms with E-state index in [0.29, 0.717) is 6.42 Å². The molecule has 0 aromatic heterocycles. The minimum atomic E-state index is -0.517. The molecule has 1 aromatic carbocycles. The van der Waals surface area contributed by atoms with Gasteiger partial charge in [0.1, 0.15) is 5.78 Å². The normalized spacial score (nSPS) is 24.7. The molecule has 0 amide bonds. The number of rotatable bonds is 1. The Morgan fingerprint density at radius 2 is 2.27 bits per heavy atom. The molecule has 2 nitrogen and oxygen atoms in total. The molecular weight excluding hydrogens is 256 g/mol. The molecule has 1 aromatic rings. The molecule has 0 fully saturated rings. The predicted octanol–water partition coefficient (Wildman–Crippen LogP) is 2.43. The number of aliphatic hydroxyl groups is 1. The summed E-state index contributed by atoms with van der Waals surface area (Å²) in [6.45, 7) is 1.55. The highest BCUT2D eigenvalue weighted by Gasteiger charge is 2.31. The van der Waals surface area contributed by atoms with E-state index in [1.807, 2.05) is 18.2 Å². The van der Waals surface area contributed by atoms with Crippen molar-refractivity contribution >= 4 is 21.7 Å². The summed E-state index contributed by atoms with van der Waals surface area (Å²) in [7, 11) is 0. The number of fused-ring (bicyclic) bond motifs is 1. The predicted molar refractivity (Wildman–Crippen MR) is 61.9 cm³/mol. The minimum Gasteiger partial charge on any atom is -0.392 e. The van der Waals surface area contributed by atoms with Gasteiger partial charge in [-0.05, 0) is 43.0 Å². The quantitative estimate of drug-likeness (QED) is 0.850. The Bertz CT molecular complexity index is 401. The van der Waals surface area contributed by atoms with Crippen LogP contribution in [0, 0.1) is 0 Å². The van der Waals surface area contributed by atoms with Crippen molar-refractivity contribution in [3.05, 3.63) is 33.8 Å². The zero-order valence-corrected chi connectivity index (χ0v) is 10.1. The van der Waals surface area contributed by atoms with Gasteiger partial charge in [0.05, 0.1) is 12.0 Å². The topological polar surface area (TPSA) is 37.3 Å². The summed E-state index contributed by atoms with van der Waals surface area (Å²) in [5.41, 5.74) is 2.17. The molecule has 0 heterocycles. The van der Waals surface area contributed by atoms with Gasteiger partial charge in [-0.15, -0.1) is 0 Å². The molecule has 0 aliphatic heterocycles. The number of carbonyl (C=O) groups excluding carboxylic acids is 1. The first-order chi connectivity index (χ1) is 7.09. The Labute approximate surface area is 97.4 Å². The van der Waals surface area contributed by atoms with E-state index in [1.54, 1.807) is 6.92 Å². The van der Waals surface area contributed by atoms with Crippen molar-refractivity contribution in [2.45, 2.75) is 31.8 Å². The fourth-order valence-corrected chi connectivity index (χ4v) is 2.67. The van der Waals surface area contributed by atoms with Crippen LogP contribution in [0.1, 0.15) is 30.4 Å². The van der Waals surface area contributed by atoms with E-state index in [2.05, 4.69) is 15.9 Å². The summed E-state index contributed by atoms with van der Waals surface area (Å²) >= 11 is 3.42. The van der Waals surface area contributed by atoms with Crippen molar-refractivity contribution in [3.8, 4) is 0 Å². The Hall–Kier alpha value is -0.670. The standard InChI is InChI=1S/C12H13BrO2/c1-7(14)12-10-4-3-9(13)6-8(10)2-5-11(12)15/h3-4,6,11-12,15H,2,5H2,1H3. The van der Waals surface area contributed by atoms with Crippen LogP contribution in [0.5, 0.6) is 0 Å². The summed E-state index contributed by atoms with van der Waals surface area (Å²) in [5, 5.41) is 9.82. The fraction of sp³-hybridized carbons (Fsp3) is 0.417. The zero-order chi connectivity index (χ0) is 11.0. The molecule has 1 aliphatic carbocycles. The van der Waals surface area contributed by atoms with Gasteiger partial charge in [-0.3, -0.25) is 4.79 Å². The zero-order valence-electron chi connectivity index (χ0n) is 8.53. The number of carbonyl (C=O) groups is 1. The lowest BCUT2D eigenvalue weighted by molar-refractivity contribution is -0.121. The molecule has 3 heteroatoms. The van der Waals surface area contributed by atoms with Gasteiger partial charge < -0.3 is 5.11 Å². The van der Waals surface area contributed by atoms with Crippen LogP contribution < -0.4 is 0 Å². The lowest BCUT2D eigenvalue weighted by Gasteiger charge is -2.28. The maximum absolute atomic E-state index is 11.5. The summed E-state index contributed by atoms with van der Waals surface area (Å²) in [6, 6.07) is 5.90. The second-order valence-corrected chi connectivity index (χ2v) is 4.95. The van der Waals surface area contributed by atoms with Gasteiger partial charge in [0, 0.05) is 4.47 Å². The molecule has 2 atom stereocenters. The molecular formula is C12H13BrO2. The SMILES string of the molecule is CC(=O)C1c2ccc(Br)cc2CCC1O. The molecule has 0 radical (unpaired) electrons. The maximum atomic E-state index is 11.5. The van der Waals surface area contributed by atoms with Gasteiger partial charge in [-0.1, -0.05) is 22.0 Å². The molecule has 80 valence electrons. The van der Waals surface area contributed by atoms with Crippen molar-refractivity contribution in [1.82, 2.24) is 0 Å². The lowest BCUT2D eigenvalue weighted by Crippen LogP contribution is -2.29. The number of halogens is 1. The van der Waals surface area contributed by atoms with Crippen LogP contribution in [-0.2, 0) is 11.2 Å².